The van der Waals surface area contributed by atoms with Crippen molar-refractivity contribution in [2.45, 2.75) is 25.5 Å². The van der Waals surface area contributed by atoms with Crippen molar-refractivity contribution in [2.75, 3.05) is 27.4 Å². The van der Waals surface area contributed by atoms with Crippen LogP contribution in [0.1, 0.15) is 30.2 Å². The maximum Gasteiger partial charge on any atom is 0.246 e. The average molecular weight is 319 g/mol. The summed E-state index contributed by atoms with van der Waals surface area (Å²) in [5.41, 5.74) is 1.02. The second-order valence-electron chi connectivity index (χ2n) is 5.42. The Balaban J connectivity index is 1.74. The van der Waals surface area contributed by atoms with Crippen LogP contribution in [0, 0.1) is 0 Å². The number of nitrogens with zero attached hydrogens (tertiary/aromatic N) is 2. The Morgan fingerprint density at radius 3 is 2.83 bits per heavy atom. The maximum absolute atomic E-state index is 5.61. The third-order valence-corrected chi connectivity index (χ3v) is 3.88. The molecule has 0 radical (unpaired) electrons. The van der Waals surface area contributed by atoms with Gasteiger partial charge < -0.3 is 24.1 Å². The summed E-state index contributed by atoms with van der Waals surface area (Å²) >= 11 is 0. The van der Waals surface area contributed by atoms with Gasteiger partial charge in [-0.3, -0.25) is 0 Å². The van der Waals surface area contributed by atoms with E-state index in [-0.39, 0.29) is 12.1 Å². The van der Waals surface area contributed by atoms with E-state index in [1.54, 1.807) is 14.2 Å². The summed E-state index contributed by atoms with van der Waals surface area (Å²) in [6.45, 7) is 3.47. The van der Waals surface area contributed by atoms with Gasteiger partial charge in [-0.15, -0.1) is 0 Å². The van der Waals surface area contributed by atoms with Gasteiger partial charge in [0.25, 0.3) is 0 Å². The van der Waals surface area contributed by atoms with E-state index in [1.165, 1.54) is 0 Å². The fourth-order valence-corrected chi connectivity index (χ4v) is 2.65. The van der Waals surface area contributed by atoms with Gasteiger partial charge in [-0.25, -0.2) is 0 Å². The molecule has 1 aromatic carbocycles. The number of ether oxygens (including phenoxy) is 3. The summed E-state index contributed by atoms with van der Waals surface area (Å²) in [6.07, 6.45) is 0.573. The first kappa shape index (κ1) is 15.8. The number of nitrogens with one attached hydrogen (secondary N) is 1. The number of methoxy groups -OCH3 is 2. The van der Waals surface area contributed by atoms with E-state index < -0.39 is 0 Å². The van der Waals surface area contributed by atoms with E-state index in [4.69, 9.17) is 18.7 Å². The standard InChI is InChI=1S/C16H21N3O4/c1-10-15(17-6-7-22-10)16-18-14(19-23-16)9-11-4-5-12(20-2)13(8-11)21-3/h4-5,8,10,15,17H,6-7,9H2,1-3H3/t10-,15+/m1/s1. The van der Waals surface area contributed by atoms with Gasteiger partial charge in [0.2, 0.25) is 5.89 Å². The number of hydrogen-bond acceptors (Lipinski definition) is 7. The van der Waals surface area contributed by atoms with E-state index in [0.717, 1.165) is 12.1 Å². The predicted octanol–water partition coefficient (Wildman–Crippen LogP) is 1.73. The molecule has 7 heteroatoms. The molecule has 1 saturated heterocycles. The molecule has 7 nitrogen and oxygen atoms in total. The van der Waals surface area contributed by atoms with Crippen LogP contribution in [0.4, 0.5) is 0 Å². The highest BCUT2D eigenvalue weighted by molar-refractivity contribution is 5.43. The molecule has 1 aliphatic rings. The van der Waals surface area contributed by atoms with Gasteiger partial charge >= 0.3 is 0 Å². The number of hydrogen-bond donors (Lipinski definition) is 1. The second kappa shape index (κ2) is 6.97. The normalized spacial score (nSPS) is 21.2. The number of aromatic nitrogens is 2. The lowest BCUT2D eigenvalue weighted by Crippen LogP contribution is -2.40. The van der Waals surface area contributed by atoms with Crippen molar-refractivity contribution in [2.24, 2.45) is 0 Å². The van der Waals surface area contributed by atoms with Gasteiger partial charge in [-0.1, -0.05) is 11.2 Å². The van der Waals surface area contributed by atoms with E-state index in [0.29, 0.717) is 36.2 Å². The highest BCUT2D eigenvalue weighted by Crippen LogP contribution is 2.28. The molecular weight excluding hydrogens is 298 g/mol. The lowest BCUT2D eigenvalue weighted by molar-refractivity contribution is -0.00136. The van der Waals surface area contributed by atoms with E-state index in [9.17, 15) is 0 Å². The van der Waals surface area contributed by atoms with Crippen molar-refractivity contribution >= 4 is 0 Å². The van der Waals surface area contributed by atoms with Gasteiger partial charge in [0.1, 0.15) is 6.04 Å². The average Bonchev–Trinajstić information content (AvgIpc) is 3.03. The Morgan fingerprint density at radius 2 is 2.09 bits per heavy atom. The molecule has 0 spiro atoms. The van der Waals surface area contributed by atoms with Crippen molar-refractivity contribution in [1.82, 2.24) is 15.5 Å². The van der Waals surface area contributed by atoms with Gasteiger partial charge in [0.15, 0.2) is 17.3 Å². The van der Waals surface area contributed by atoms with Crippen LogP contribution in [0.2, 0.25) is 0 Å². The summed E-state index contributed by atoms with van der Waals surface area (Å²) in [6, 6.07) is 5.69. The third kappa shape index (κ3) is 3.46. The third-order valence-electron chi connectivity index (χ3n) is 3.88. The second-order valence-corrected chi connectivity index (χ2v) is 5.42. The van der Waals surface area contributed by atoms with Gasteiger partial charge in [0, 0.05) is 13.0 Å². The van der Waals surface area contributed by atoms with Gasteiger partial charge in [0.05, 0.1) is 26.9 Å². The Hall–Kier alpha value is -2.12. The molecule has 1 aromatic heterocycles. The van der Waals surface area contributed by atoms with E-state index >= 15 is 0 Å². The molecule has 2 heterocycles. The summed E-state index contributed by atoms with van der Waals surface area (Å²) in [4.78, 5) is 4.49. The molecule has 1 fully saturated rings. The molecule has 1 N–H and O–H groups in total. The van der Waals surface area contributed by atoms with Crippen molar-refractivity contribution in [3.63, 3.8) is 0 Å². The number of morpholine rings is 1. The molecule has 0 bridgehead atoms. The zero-order valence-electron chi connectivity index (χ0n) is 13.5. The zero-order chi connectivity index (χ0) is 16.2. The van der Waals surface area contributed by atoms with Gasteiger partial charge in [-0.2, -0.15) is 4.98 Å². The van der Waals surface area contributed by atoms with E-state index in [2.05, 4.69) is 15.5 Å². The van der Waals surface area contributed by atoms with Crippen molar-refractivity contribution in [1.29, 1.82) is 0 Å². The van der Waals surface area contributed by atoms with Crippen LogP contribution in [0.25, 0.3) is 0 Å². The smallest absolute Gasteiger partial charge is 0.246 e. The molecule has 2 aromatic rings. The van der Waals surface area contributed by atoms with Crippen molar-refractivity contribution < 1.29 is 18.7 Å². The first-order valence-corrected chi connectivity index (χ1v) is 7.59. The van der Waals surface area contributed by atoms with Crippen LogP contribution in [-0.4, -0.2) is 43.6 Å². The molecule has 1 aliphatic heterocycles. The van der Waals surface area contributed by atoms with Crippen molar-refractivity contribution in [3.8, 4) is 11.5 Å². The molecule has 124 valence electrons. The molecular formula is C16H21N3O4. The quantitative estimate of drug-likeness (QED) is 0.899. The van der Waals surface area contributed by atoms with Crippen LogP contribution in [-0.2, 0) is 11.2 Å². The summed E-state index contributed by atoms with van der Waals surface area (Å²) < 4.78 is 21.5. The number of rotatable bonds is 5. The number of benzene rings is 1. The van der Waals surface area contributed by atoms with Crippen LogP contribution < -0.4 is 14.8 Å². The molecule has 0 amide bonds. The predicted molar refractivity (Wildman–Crippen MR) is 82.8 cm³/mol. The minimum Gasteiger partial charge on any atom is -0.493 e. The highest BCUT2D eigenvalue weighted by atomic mass is 16.5. The lowest BCUT2D eigenvalue weighted by atomic mass is 10.1. The minimum atomic E-state index is -0.0598. The molecule has 3 rings (SSSR count). The summed E-state index contributed by atoms with van der Waals surface area (Å²) in [5.74, 6) is 2.58. The van der Waals surface area contributed by atoms with Crippen LogP contribution in [0.3, 0.4) is 0 Å². The Kier molecular flexibility index (Phi) is 4.78. The van der Waals surface area contributed by atoms with Crippen molar-refractivity contribution in [3.05, 3.63) is 35.5 Å². The molecule has 0 aliphatic carbocycles. The fraction of sp³-hybridized carbons (Fsp3) is 0.500. The van der Waals surface area contributed by atoms with Crippen LogP contribution >= 0.6 is 0 Å². The van der Waals surface area contributed by atoms with Crippen LogP contribution in [0.15, 0.2) is 22.7 Å². The van der Waals surface area contributed by atoms with Crippen LogP contribution in [0.5, 0.6) is 11.5 Å². The monoisotopic (exact) mass is 319 g/mol. The molecule has 0 saturated carbocycles. The fourth-order valence-electron chi connectivity index (χ4n) is 2.65. The first-order valence-electron chi connectivity index (χ1n) is 7.59. The lowest BCUT2D eigenvalue weighted by Gasteiger charge is -2.27. The zero-order valence-corrected chi connectivity index (χ0v) is 13.5. The topological polar surface area (TPSA) is 78.6 Å². The molecule has 23 heavy (non-hydrogen) atoms. The molecule has 0 unspecified atom stereocenters. The summed E-state index contributed by atoms with van der Waals surface area (Å²) in [5, 5.41) is 7.40. The Bertz CT molecular complexity index is 659. The highest BCUT2D eigenvalue weighted by Gasteiger charge is 2.28. The molecule has 2 atom stereocenters. The van der Waals surface area contributed by atoms with E-state index in [1.807, 2.05) is 25.1 Å². The Labute approximate surface area is 134 Å². The Morgan fingerprint density at radius 1 is 1.26 bits per heavy atom. The maximum atomic E-state index is 5.61. The summed E-state index contributed by atoms with van der Waals surface area (Å²) in [7, 11) is 3.23. The SMILES string of the molecule is COc1ccc(Cc2noc([C@H]3NCCO[C@@H]3C)n2)cc1OC. The first-order chi connectivity index (χ1) is 11.2. The van der Waals surface area contributed by atoms with Gasteiger partial charge in [-0.05, 0) is 24.6 Å². The minimum absolute atomic E-state index is 0.0122. The largest absolute Gasteiger partial charge is 0.493 e.